The van der Waals surface area contributed by atoms with Crippen molar-refractivity contribution in [1.29, 1.82) is 0 Å². The van der Waals surface area contributed by atoms with Gasteiger partial charge in [-0.25, -0.2) is 8.42 Å². The molecule has 1 saturated heterocycles. The number of nitrogen functional groups attached to an aromatic ring is 1. The Bertz CT molecular complexity index is 641. The Morgan fingerprint density at radius 2 is 1.95 bits per heavy atom. The van der Waals surface area contributed by atoms with Crippen LogP contribution >= 0.6 is 0 Å². The van der Waals surface area contributed by atoms with Crippen LogP contribution in [0.1, 0.15) is 16.8 Å². The van der Waals surface area contributed by atoms with Crippen molar-refractivity contribution in [3.05, 3.63) is 23.8 Å². The zero-order valence-electron chi connectivity index (χ0n) is 12.4. The van der Waals surface area contributed by atoms with Crippen LogP contribution in [-0.2, 0) is 9.84 Å². The second-order valence-corrected chi connectivity index (χ2v) is 7.77. The molecule has 1 aliphatic rings. The molecule has 6 nitrogen and oxygen atoms in total. The summed E-state index contributed by atoms with van der Waals surface area (Å²) in [7, 11) is 0.744. The lowest BCUT2D eigenvalue weighted by molar-refractivity contribution is 0.0768. The van der Waals surface area contributed by atoms with E-state index >= 15 is 0 Å². The van der Waals surface area contributed by atoms with Crippen LogP contribution in [0.3, 0.4) is 0 Å². The third-order valence-corrected chi connectivity index (χ3v) is 5.31. The van der Waals surface area contributed by atoms with Gasteiger partial charge in [0, 0.05) is 32.7 Å². The van der Waals surface area contributed by atoms with Gasteiger partial charge in [0.2, 0.25) is 0 Å². The van der Waals surface area contributed by atoms with E-state index in [0.717, 1.165) is 5.69 Å². The normalized spacial score (nSPS) is 18.1. The fraction of sp³-hybridized carbons (Fsp3) is 0.500. The average molecular weight is 311 g/mol. The van der Waals surface area contributed by atoms with Crippen molar-refractivity contribution in [2.75, 3.05) is 49.3 Å². The highest BCUT2D eigenvalue weighted by molar-refractivity contribution is 7.91. The first-order valence-corrected chi connectivity index (χ1v) is 8.69. The summed E-state index contributed by atoms with van der Waals surface area (Å²) in [6.07, 6.45) is 0.485. The van der Waals surface area contributed by atoms with E-state index in [-0.39, 0.29) is 24.0 Å². The van der Waals surface area contributed by atoms with Crippen LogP contribution in [0.15, 0.2) is 18.2 Å². The number of carbonyl (C=O) groups excluding carboxylic acids is 1. The molecule has 0 aromatic heterocycles. The van der Waals surface area contributed by atoms with Gasteiger partial charge in [-0.3, -0.25) is 4.79 Å². The molecule has 116 valence electrons. The zero-order chi connectivity index (χ0) is 15.6. The largest absolute Gasteiger partial charge is 0.397 e. The molecule has 1 heterocycles. The first-order chi connectivity index (χ1) is 9.80. The predicted octanol–water partition coefficient (Wildman–Crippen LogP) is 0.596. The monoisotopic (exact) mass is 311 g/mol. The van der Waals surface area contributed by atoms with Crippen LogP contribution in [0.25, 0.3) is 0 Å². The number of nitrogens with two attached hydrogens (primary N) is 1. The van der Waals surface area contributed by atoms with Crippen molar-refractivity contribution in [1.82, 2.24) is 4.90 Å². The molecule has 2 rings (SSSR count). The van der Waals surface area contributed by atoms with E-state index in [4.69, 9.17) is 5.73 Å². The Kier molecular flexibility index (Phi) is 4.41. The van der Waals surface area contributed by atoms with Crippen LogP contribution in [0.4, 0.5) is 11.4 Å². The van der Waals surface area contributed by atoms with Crippen LogP contribution in [0.5, 0.6) is 0 Å². The van der Waals surface area contributed by atoms with Crippen molar-refractivity contribution < 1.29 is 13.2 Å². The van der Waals surface area contributed by atoms with Gasteiger partial charge < -0.3 is 15.5 Å². The van der Waals surface area contributed by atoms with Crippen LogP contribution < -0.4 is 10.6 Å². The van der Waals surface area contributed by atoms with E-state index in [9.17, 15) is 13.2 Å². The van der Waals surface area contributed by atoms with Crippen LogP contribution in [0, 0.1) is 0 Å². The third kappa shape index (κ3) is 3.66. The Balaban J connectivity index is 2.18. The summed E-state index contributed by atoms with van der Waals surface area (Å²) in [4.78, 5) is 15.9. The molecule has 1 fully saturated rings. The Morgan fingerprint density at radius 3 is 2.57 bits per heavy atom. The number of hydrogen-bond donors (Lipinski definition) is 1. The second-order valence-electron chi connectivity index (χ2n) is 5.47. The molecular formula is C14H21N3O3S. The molecule has 0 bridgehead atoms. The van der Waals surface area contributed by atoms with Crippen molar-refractivity contribution in [3.8, 4) is 0 Å². The minimum atomic E-state index is -3.02. The number of hydrogen-bond acceptors (Lipinski definition) is 5. The SMILES string of the molecule is CN(C)c1ccc(C(=O)N2CCCS(=O)(=O)CC2)cc1N. The van der Waals surface area contributed by atoms with E-state index in [2.05, 4.69) is 0 Å². The number of benzene rings is 1. The Morgan fingerprint density at radius 1 is 1.24 bits per heavy atom. The minimum absolute atomic E-state index is 0.0317. The fourth-order valence-electron chi connectivity index (χ4n) is 2.42. The number of nitrogens with zero attached hydrogens (tertiary/aromatic N) is 2. The number of amides is 1. The Labute approximate surface area is 125 Å². The molecule has 0 saturated carbocycles. The number of carbonyl (C=O) groups is 1. The first-order valence-electron chi connectivity index (χ1n) is 6.87. The van der Waals surface area contributed by atoms with Crippen LogP contribution in [0.2, 0.25) is 0 Å². The molecule has 1 aromatic rings. The Hall–Kier alpha value is -1.76. The van der Waals surface area contributed by atoms with Crippen molar-refractivity contribution >= 4 is 27.1 Å². The quantitative estimate of drug-likeness (QED) is 0.808. The molecule has 1 aromatic carbocycles. The molecule has 0 unspecified atom stereocenters. The summed E-state index contributed by atoms with van der Waals surface area (Å²) < 4.78 is 23.2. The summed E-state index contributed by atoms with van der Waals surface area (Å²) in [6, 6.07) is 5.18. The number of anilines is 2. The third-order valence-electron chi connectivity index (χ3n) is 3.60. The van der Waals surface area contributed by atoms with Gasteiger partial charge in [-0.2, -0.15) is 0 Å². The predicted molar refractivity (Wildman–Crippen MR) is 84.4 cm³/mol. The fourth-order valence-corrected chi connectivity index (χ4v) is 3.69. The van der Waals surface area contributed by atoms with Gasteiger partial charge in [-0.05, 0) is 24.6 Å². The van der Waals surface area contributed by atoms with E-state index < -0.39 is 9.84 Å². The summed E-state index contributed by atoms with van der Waals surface area (Å²) in [6.45, 7) is 0.712. The summed E-state index contributed by atoms with van der Waals surface area (Å²) in [5.74, 6) is 0.0202. The average Bonchev–Trinajstić information content (AvgIpc) is 2.58. The van der Waals surface area contributed by atoms with Gasteiger partial charge in [0.1, 0.15) is 0 Å². The maximum Gasteiger partial charge on any atom is 0.253 e. The lowest BCUT2D eigenvalue weighted by atomic mass is 10.1. The number of rotatable bonds is 2. The molecule has 2 N–H and O–H groups in total. The van der Waals surface area contributed by atoms with Crippen molar-refractivity contribution in [2.24, 2.45) is 0 Å². The molecule has 1 aliphatic heterocycles. The maximum absolute atomic E-state index is 12.5. The molecule has 0 spiro atoms. The van der Waals surface area contributed by atoms with E-state index in [1.807, 2.05) is 19.0 Å². The first kappa shape index (κ1) is 15.6. The van der Waals surface area contributed by atoms with Crippen molar-refractivity contribution in [2.45, 2.75) is 6.42 Å². The van der Waals surface area contributed by atoms with Gasteiger partial charge in [-0.1, -0.05) is 0 Å². The standard InChI is InChI=1S/C14H21N3O3S/c1-16(2)13-5-4-11(10-12(13)15)14(18)17-6-3-8-21(19,20)9-7-17/h4-5,10H,3,6-9,15H2,1-2H3. The van der Waals surface area contributed by atoms with Crippen LogP contribution in [-0.4, -0.2) is 57.9 Å². The summed E-state index contributed by atoms with van der Waals surface area (Å²) in [5.41, 5.74) is 7.84. The summed E-state index contributed by atoms with van der Waals surface area (Å²) in [5, 5.41) is 0. The summed E-state index contributed by atoms with van der Waals surface area (Å²) >= 11 is 0. The zero-order valence-corrected chi connectivity index (χ0v) is 13.2. The van der Waals surface area contributed by atoms with Gasteiger partial charge in [0.05, 0.1) is 22.9 Å². The van der Waals surface area contributed by atoms with Crippen molar-refractivity contribution in [3.63, 3.8) is 0 Å². The molecule has 1 amide bonds. The van der Waals surface area contributed by atoms with E-state index in [1.54, 1.807) is 23.1 Å². The molecule has 0 radical (unpaired) electrons. The molecular weight excluding hydrogens is 290 g/mol. The molecule has 7 heteroatoms. The number of sulfone groups is 1. The molecule has 0 aliphatic carbocycles. The van der Waals surface area contributed by atoms with Gasteiger partial charge >= 0.3 is 0 Å². The maximum atomic E-state index is 12.5. The van der Waals surface area contributed by atoms with Gasteiger partial charge in [0.15, 0.2) is 9.84 Å². The van der Waals surface area contributed by atoms with E-state index in [1.165, 1.54) is 0 Å². The second kappa shape index (κ2) is 5.93. The van der Waals surface area contributed by atoms with Gasteiger partial charge in [-0.15, -0.1) is 0 Å². The highest BCUT2D eigenvalue weighted by Gasteiger charge is 2.23. The smallest absolute Gasteiger partial charge is 0.253 e. The topological polar surface area (TPSA) is 83.7 Å². The van der Waals surface area contributed by atoms with E-state index in [0.29, 0.717) is 24.2 Å². The molecule has 21 heavy (non-hydrogen) atoms. The highest BCUT2D eigenvalue weighted by atomic mass is 32.2. The molecule has 0 atom stereocenters. The lowest BCUT2D eigenvalue weighted by Gasteiger charge is -2.21. The lowest BCUT2D eigenvalue weighted by Crippen LogP contribution is -2.33. The minimum Gasteiger partial charge on any atom is -0.397 e. The van der Waals surface area contributed by atoms with Gasteiger partial charge in [0.25, 0.3) is 5.91 Å². The highest BCUT2D eigenvalue weighted by Crippen LogP contribution is 2.23.